The lowest BCUT2D eigenvalue weighted by Crippen LogP contribution is -2.19. The SMILES string of the molecule is CC(C)=CCC/C(C)=C/CC/C(C)=C/CC/C(C)=C\CC/C(C)=C\CC/C(C)=C\CC/C(C)=C\CC/C(C)=C\CC/C(C)=C\CC/C(C)=C\CC/C(C)=C\CC/C(C)=C\CC/C(C)=C\CCC(C)CCOP(=O)([O-])OP(=O)([O-])[O-]. The van der Waals surface area contributed by atoms with Gasteiger partial charge in [0.2, 0.25) is 0 Å². The topological polar surface area (TPSA) is 122 Å². The summed E-state index contributed by atoms with van der Waals surface area (Å²) in [6, 6.07) is 0. The van der Waals surface area contributed by atoms with E-state index in [1.54, 1.807) is 0 Å². The highest BCUT2D eigenvalue weighted by Crippen LogP contribution is 2.50. The molecule has 0 heterocycles. The van der Waals surface area contributed by atoms with Crippen molar-refractivity contribution in [3.63, 3.8) is 0 Å². The molecular weight excluding hydrogens is 1010 g/mol. The van der Waals surface area contributed by atoms with Crippen molar-refractivity contribution in [1.82, 2.24) is 0 Å². The van der Waals surface area contributed by atoms with Crippen molar-refractivity contribution in [2.45, 2.75) is 277 Å². The molecule has 2 unspecified atom stereocenters. The van der Waals surface area contributed by atoms with Crippen molar-refractivity contribution in [2.75, 3.05) is 6.61 Å². The van der Waals surface area contributed by atoms with Gasteiger partial charge in [0.05, 0.1) is 14.4 Å². The molecule has 0 aromatic carbocycles. The monoisotopic (exact) mass is 1130 g/mol. The Kier molecular flexibility index (Phi) is 44.5. The number of allylic oxidation sites excluding steroid dienone is 26. The van der Waals surface area contributed by atoms with Crippen LogP contribution < -0.4 is 14.7 Å². The molecule has 0 aromatic rings. The van der Waals surface area contributed by atoms with Crippen molar-refractivity contribution in [3.05, 3.63) is 151 Å². The molecular formula is C70H115O7P2-3. The molecule has 79 heavy (non-hydrogen) atoms. The first-order valence-corrected chi connectivity index (χ1v) is 33.4. The molecule has 0 spiro atoms. The van der Waals surface area contributed by atoms with E-state index in [1.165, 1.54) is 91.7 Å². The van der Waals surface area contributed by atoms with E-state index in [0.717, 1.165) is 148 Å². The third-order valence-electron chi connectivity index (χ3n) is 14.6. The minimum atomic E-state index is -5.66. The molecule has 0 fully saturated rings. The summed E-state index contributed by atoms with van der Waals surface area (Å²) in [4.78, 5) is 32.4. The van der Waals surface area contributed by atoms with Gasteiger partial charge in [-0.05, 0) is 276 Å². The van der Waals surface area contributed by atoms with E-state index >= 15 is 0 Å². The van der Waals surface area contributed by atoms with Crippen LogP contribution in [0.3, 0.4) is 0 Å². The summed E-state index contributed by atoms with van der Waals surface area (Å²) in [5.41, 5.74) is 19.2. The second kappa shape index (κ2) is 46.4. The zero-order valence-corrected chi connectivity index (χ0v) is 54.9. The van der Waals surface area contributed by atoms with Gasteiger partial charge in [-0.1, -0.05) is 158 Å². The first-order chi connectivity index (χ1) is 37.2. The lowest BCUT2D eigenvalue weighted by Gasteiger charge is -2.35. The Morgan fingerprint density at radius 2 is 0.506 bits per heavy atom. The standard InChI is InChI=1S/C70H118O7P2/c1-57(2)29-16-30-58(3)31-17-32-59(4)33-18-34-60(5)35-19-36-61(6)37-20-38-62(7)39-21-40-63(8)41-22-42-64(9)43-23-44-65(10)45-24-46-66(11)47-25-48-67(12)49-26-50-68(13)51-27-52-69(14)53-28-54-70(15)55-56-76-79(74,75)77-78(71,72)73/h29,31,33,35,37,39,41,43,45,47,49,51,53,70H,16-28,30,32,34,36,38,40,42,44,46,48,50,52,54-56H2,1-15H3,(H,74,75)(H2,71,72,73)/p-3/b58-31+,59-33+,60-35-,61-37-,62-39-,63-41-,64-43-,65-45-,66-47-,67-49-,68-51-,69-53-. The highest BCUT2D eigenvalue weighted by atomic mass is 31.3. The number of hydrogen-bond donors (Lipinski definition) is 0. The van der Waals surface area contributed by atoms with E-state index in [4.69, 9.17) is 0 Å². The summed E-state index contributed by atoms with van der Waals surface area (Å²) in [7, 11) is -10.8. The Balaban J connectivity index is 4.32. The highest BCUT2D eigenvalue weighted by Gasteiger charge is 2.13. The van der Waals surface area contributed by atoms with Crippen LogP contribution in [0, 0.1) is 5.92 Å². The molecule has 0 aliphatic carbocycles. The van der Waals surface area contributed by atoms with Crippen LogP contribution in [0.4, 0.5) is 0 Å². The molecule has 0 aromatic heterocycles. The van der Waals surface area contributed by atoms with Crippen molar-refractivity contribution >= 4 is 15.6 Å². The Morgan fingerprint density at radius 1 is 0.316 bits per heavy atom. The fourth-order valence-corrected chi connectivity index (χ4v) is 10.6. The van der Waals surface area contributed by atoms with Gasteiger partial charge in [-0.3, -0.25) is 8.88 Å². The van der Waals surface area contributed by atoms with E-state index in [2.05, 4.69) is 185 Å². The average Bonchev–Trinajstić information content (AvgIpc) is 3.33. The molecule has 0 aliphatic rings. The maximum atomic E-state index is 11.4. The van der Waals surface area contributed by atoms with Crippen molar-refractivity contribution in [2.24, 2.45) is 5.92 Å². The first kappa shape index (κ1) is 75.9. The quantitative estimate of drug-likeness (QED) is 0.0440. The predicted octanol–water partition coefficient (Wildman–Crippen LogP) is 21.8. The molecule has 0 bridgehead atoms. The fraction of sp³-hybridized carbons (Fsp3) is 0.629. The normalized spacial score (nSPS) is 16.0. The van der Waals surface area contributed by atoms with Gasteiger partial charge < -0.3 is 23.8 Å². The summed E-state index contributed by atoms with van der Waals surface area (Å²) in [6.45, 7) is 33.3. The minimum Gasteiger partial charge on any atom is -0.790 e. The summed E-state index contributed by atoms with van der Waals surface area (Å²) in [6.07, 6.45) is 60.4. The minimum absolute atomic E-state index is 0.161. The number of hydrogen-bond acceptors (Lipinski definition) is 7. The van der Waals surface area contributed by atoms with Crippen LogP contribution in [0.2, 0.25) is 0 Å². The molecule has 0 amide bonds. The predicted molar refractivity (Wildman–Crippen MR) is 341 cm³/mol. The summed E-state index contributed by atoms with van der Waals surface area (Å²) in [5.74, 6) is 0.161. The van der Waals surface area contributed by atoms with Gasteiger partial charge in [0, 0.05) is 0 Å². The van der Waals surface area contributed by atoms with Gasteiger partial charge in [0.15, 0.2) is 0 Å². The summed E-state index contributed by atoms with van der Waals surface area (Å²) >= 11 is 0. The summed E-state index contributed by atoms with van der Waals surface area (Å²) < 4.78 is 29.9. The number of phosphoric acid groups is 2. The largest absolute Gasteiger partial charge is 0.790 e. The molecule has 0 aliphatic heterocycles. The van der Waals surface area contributed by atoms with Gasteiger partial charge in [0.1, 0.15) is 0 Å². The molecule has 2 atom stereocenters. The lowest BCUT2D eigenvalue weighted by atomic mass is 10.0. The average molecular weight is 1130 g/mol. The molecule has 450 valence electrons. The van der Waals surface area contributed by atoms with E-state index < -0.39 is 15.6 Å². The molecule has 0 radical (unpaired) electrons. The van der Waals surface area contributed by atoms with Crippen molar-refractivity contribution in [1.29, 1.82) is 0 Å². The molecule has 9 heteroatoms. The van der Waals surface area contributed by atoms with Gasteiger partial charge >= 0.3 is 0 Å². The second-order valence-corrected chi connectivity index (χ2v) is 26.3. The van der Waals surface area contributed by atoms with Crippen LogP contribution in [-0.2, 0) is 18.0 Å². The van der Waals surface area contributed by atoms with Crippen molar-refractivity contribution in [3.8, 4) is 0 Å². The zero-order chi connectivity index (χ0) is 59.5. The van der Waals surface area contributed by atoms with E-state index in [-0.39, 0.29) is 12.5 Å². The zero-order valence-electron chi connectivity index (χ0n) is 53.1. The number of phosphoric ester groups is 1. The third kappa shape index (κ3) is 51.5. The van der Waals surface area contributed by atoms with Gasteiger partial charge in [-0.15, -0.1) is 0 Å². The molecule has 0 rings (SSSR count). The Morgan fingerprint density at radius 3 is 0.696 bits per heavy atom. The van der Waals surface area contributed by atoms with E-state index in [0.29, 0.717) is 6.42 Å². The van der Waals surface area contributed by atoms with Crippen LogP contribution in [0.1, 0.15) is 277 Å². The Labute approximate surface area is 487 Å². The Bertz CT molecular complexity index is 2240. The first-order valence-electron chi connectivity index (χ1n) is 30.4. The van der Waals surface area contributed by atoms with Crippen LogP contribution in [-0.4, -0.2) is 6.61 Å². The fourth-order valence-electron chi connectivity index (χ4n) is 9.09. The van der Waals surface area contributed by atoms with Crippen LogP contribution >= 0.6 is 15.6 Å². The molecule has 0 saturated heterocycles. The van der Waals surface area contributed by atoms with Crippen LogP contribution in [0.15, 0.2) is 151 Å². The van der Waals surface area contributed by atoms with Crippen molar-refractivity contribution < 1.29 is 32.6 Å². The van der Waals surface area contributed by atoms with E-state index in [1.807, 2.05) is 6.92 Å². The van der Waals surface area contributed by atoms with Crippen LogP contribution in [0.25, 0.3) is 0 Å². The van der Waals surface area contributed by atoms with Gasteiger partial charge in [-0.25, -0.2) is 0 Å². The van der Waals surface area contributed by atoms with E-state index in [9.17, 15) is 23.8 Å². The Hall–Kier alpha value is -3.12. The highest BCUT2D eigenvalue weighted by molar-refractivity contribution is 7.58. The maximum absolute atomic E-state index is 11.4. The second-order valence-electron chi connectivity index (χ2n) is 23.6. The van der Waals surface area contributed by atoms with Gasteiger partial charge in [-0.2, -0.15) is 0 Å². The molecule has 7 nitrogen and oxygen atoms in total. The molecule has 0 saturated carbocycles. The van der Waals surface area contributed by atoms with Crippen LogP contribution in [0.5, 0.6) is 0 Å². The smallest absolute Gasteiger partial charge is 0.271 e. The summed E-state index contributed by atoms with van der Waals surface area (Å²) in [5, 5.41) is 0. The maximum Gasteiger partial charge on any atom is 0.271 e. The lowest BCUT2D eigenvalue weighted by molar-refractivity contribution is -0.339. The molecule has 0 N–H and O–H groups in total. The number of rotatable bonds is 45. The third-order valence-corrected chi connectivity index (χ3v) is 16.7. The van der Waals surface area contributed by atoms with Gasteiger partial charge in [0.25, 0.3) is 7.82 Å².